The van der Waals surface area contributed by atoms with E-state index in [1.54, 1.807) is 30.3 Å². The van der Waals surface area contributed by atoms with Gasteiger partial charge in [0.1, 0.15) is 11.3 Å². The largest absolute Gasteiger partial charge is 0.506 e. The van der Waals surface area contributed by atoms with Crippen molar-refractivity contribution in [3.8, 4) is 5.75 Å². The molecule has 27 heavy (non-hydrogen) atoms. The van der Waals surface area contributed by atoms with Crippen LogP contribution in [0.25, 0.3) is 10.8 Å². The van der Waals surface area contributed by atoms with E-state index in [9.17, 15) is 19.5 Å². The van der Waals surface area contributed by atoms with E-state index in [4.69, 9.17) is 9.47 Å². The highest BCUT2D eigenvalue weighted by atomic mass is 16.5. The third kappa shape index (κ3) is 3.25. The molecule has 0 heterocycles. The molecule has 0 saturated heterocycles. The fourth-order valence-corrected chi connectivity index (χ4v) is 2.87. The van der Waals surface area contributed by atoms with E-state index < -0.39 is 23.5 Å². The maximum absolute atomic E-state index is 12.8. The summed E-state index contributed by atoms with van der Waals surface area (Å²) in [6, 6.07) is 14.3. The minimum absolute atomic E-state index is 0.0592. The first-order valence-electron chi connectivity index (χ1n) is 8.04. The van der Waals surface area contributed by atoms with E-state index in [1.165, 1.54) is 38.5 Å². The van der Waals surface area contributed by atoms with Crippen LogP contribution >= 0.6 is 0 Å². The summed E-state index contributed by atoms with van der Waals surface area (Å²) in [5.74, 6) is -2.26. The molecule has 0 aromatic heterocycles. The molecule has 3 aromatic rings. The van der Waals surface area contributed by atoms with E-state index >= 15 is 0 Å². The smallest absolute Gasteiger partial charge is 0.342 e. The number of fused-ring (bicyclic) bond motifs is 1. The number of carbonyl (C=O) groups excluding carboxylic acids is 3. The first-order chi connectivity index (χ1) is 13.0. The van der Waals surface area contributed by atoms with Crippen LogP contribution in [0.3, 0.4) is 0 Å². The van der Waals surface area contributed by atoms with Crippen molar-refractivity contribution in [2.24, 2.45) is 0 Å². The summed E-state index contributed by atoms with van der Waals surface area (Å²) in [7, 11) is 2.44. The average Bonchev–Trinajstić information content (AvgIpc) is 2.72. The minimum Gasteiger partial charge on any atom is -0.506 e. The Hall–Kier alpha value is -3.67. The lowest BCUT2D eigenvalue weighted by Gasteiger charge is -2.13. The Balaban J connectivity index is 2.30. The summed E-state index contributed by atoms with van der Waals surface area (Å²) in [5, 5.41) is 11.4. The predicted molar refractivity (Wildman–Crippen MR) is 98.2 cm³/mol. The van der Waals surface area contributed by atoms with Gasteiger partial charge in [-0.25, -0.2) is 9.59 Å². The van der Waals surface area contributed by atoms with E-state index in [1.807, 2.05) is 0 Å². The van der Waals surface area contributed by atoms with Crippen LogP contribution in [0.1, 0.15) is 36.6 Å². The molecule has 0 atom stereocenters. The number of methoxy groups -OCH3 is 2. The number of esters is 2. The molecule has 6 nitrogen and oxygen atoms in total. The lowest BCUT2D eigenvalue weighted by atomic mass is 9.93. The number of phenols is 1. The van der Waals surface area contributed by atoms with Gasteiger partial charge in [0.05, 0.1) is 25.3 Å². The second kappa shape index (κ2) is 7.29. The molecule has 3 rings (SSSR count). The van der Waals surface area contributed by atoms with E-state index in [0.29, 0.717) is 16.3 Å². The van der Waals surface area contributed by atoms with Crippen molar-refractivity contribution in [1.29, 1.82) is 0 Å². The van der Waals surface area contributed by atoms with Crippen molar-refractivity contribution in [3.05, 3.63) is 76.9 Å². The third-order valence-electron chi connectivity index (χ3n) is 4.20. The Morgan fingerprint density at radius 3 is 2.11 bits per heavy atom. The van der Waals surface area contributed by atoms with Crippen molar-refractivity contribution < 1.29 is 29.0 Å². The van der Waals surface area contributed by atoms with E-state index in [2.05, 4.69) is 0 Å². The molecule has 0 aliphatic rings. The quantitative estimate of drug-likeness (QED) is 0.564. The normalized spacial score (nSPS) is 10.4. The zero-order valence-electron chi connectivity index (χ0n) is 14.7. The minimum atomic E-state index is -0.786. The molecule has 0 aliphatic carbocycles. The van der Waals surface area contributed by atoms with Gasteiger partial charge in [0.15, 0.2) is 5.78 Å². The fraction of sp³-hybridized carbons (Fsp3) is 0.0952. The highest BCUT2D eigenvalue weighted by Gasteiger charge is 2.24. The van der Waals surface area contributed by atoms with Crippen LogP contribution in [-0.2, 0) is 9.47 Å². The van der Waals surface area contributed by atoms with Gasteiger partial charge in [0.25, 0.3) is 0 Å². The zero-order valence-corrected chi connectivity index (χ0v) is 14.7. The van der Waals surface area contributed by atoms with Crippen LogP contribution in [0.4, 0.5) is 0 Å². The SMILES string of the molecule is COC(=O)c1ccc2c(C(=O)OC)c(O)c(C(=O)c3ccccc3)cc2c1. The van der Waals surface area contributed by atoms with Crippen LogP contribution in [0.15, 0.2) is 54.6 Å². The number of carbonyl (C=O) groups is 3. The Kier molecular flexibility index (Phi) is 4.90. The second-order valence-electron chi connectivity index (χ2n) is 5.76. The monoisotopic (exact) mass is 364 g/mol. The Morgan fingerprint density at radius 2 is 1.48 bits per heavy atom. The Morgan fingerprint density at radius 1 is 0.815 bits per heavy atom. The number of hydrogen-bond acceptors (Lipinski definition) is 6. The molecule has 136 valence electrons. The standard InChI is InChI=1S/C21H16O6/c1-26-20(24)13-8-9-15-14(10-13)11-16(19(23)17(15)21(25)27-2)18(22)12-6-4-3-5-7-12/h3-11,23H,1-2H3. The molecule has 0 spiro atoms. The summed E-state index contributed by atoms with van der Waals surface area (Å²) >= 11 is 0. The molecular weight excluding hydrogens is 348 g/mol. The average molecular weight is 364 g/mol. The summed E-state index contributed by atoms with van der Waals surface area (Å²) in [4.78, 5) is 36.9. The summed E-state index contributed by atoms with van der Waals surface area (Å²) < 4.78 is 9.47. The first kappa shape index (κ1) is 18.1. The van der Waals surface area contributed by atoms with Gasteiger partial charge in [-0.15, -0.1) is 0 Å². The maximum atomic E-state index is 12.8. The molecule has 0 radical (unpaired) electrons. The molecule has 0 bridgehead atoms. The number of hydrogen-bond donors (Lipinski definition) is 1. The van der Waals surface area contributed by atoms with Gasteiger partial charge in [-0.2, -0.15) is 0 Å². The van der Waals surface area contributed by atoms with Gasteiger partial charge >= 0.3 is 11.9 Å². The highest BCUT2D eigenvalue weighted by molar-refractivity contribution is 6.17. The van der Waals surface area contributed by atoms with Crippen LogP contribution < -0.4 is 0 Å². The molecule has 0 amide bonds. The number of ketones is 1. The van der Waals surface area contributed by atoms with Crippen LogP contribution in [0.5, 0.6) is 5.75 Å². The zero-order chi connectivity index (χ0) is 19.6. The molecule has 0 saturated carbocycles. The van der Waals surface area contributed by atoms with Gasteiger partial charge < -0.3 is 14.6 Å². The van der Waals surface area contributed by atoms with Gasteiger partial charge in [0.2, 0.25) is 0 Å². The highest BCUT2D eigenvalue weighted by Crippen LogP contribution is 2.34. The van der Waals surface area contributed by atoms with Gasteiger partial charge in [-0.1, -0.05) is 36.4 Å². The molecule has 3 aromatic carbocycles. The van der Waals surface area contributed by atoms with Crippen molar-refractivity contribution in [2.75, 3.05) is 14.2 Å². The van der Waals surface area contributed by atoms with Crippen LogP contribution in [-0.4, -0.2) is 37.0 Å². The number of benzene rings is 3. The fourth-order valence-electron chi connectivity index (χ4n) is 2.87. The topological polar surface area (TPSA) is 89.9 Å². The lowest BCUT2D eigenvalue weighted by molar-refractivity contribution is 0.0592. The van der Waals surface area contributed by atoms with Crippen molar-refractivity contribution in [1.82, 2.24) is 0 Å². The predicted octanol–water partition coefficient (Wildman–Crippen LogP) is 3.35. The first-order valence-corrected chi connectivity index (χ1v) is 8.04. The van der Waals surface area contributed by atoms with Gasteiger partial charge in [0, 0.05) is 10.9 Å². The van der Waals surface area contributed by atoms with Crippen molar-refractivity contribution in [2.45, 2.75) is 0 Å². The molecule has 0 unspecified atom stereocenters. The molecule has 0 aliphatic heterocycles. The van der Waals surface area contributed by atoms with E-state index in [0.717, 1.165) is 0 Å². The van der Waals surface area contributed by atoms with Crippen molar-refractivity contribution >= 4 is 28.5 Å². The molecular formula is C21H16O6. The summed E-state index contributed by atoms with van der Waals surface area (Å²) in [5.41, 5.74) is 0.415. The third-order valence-corrected chi connectivity index (χ3v) is 4.20. The summed E-state index contributed by atoms with van der Waals surface area (Å²) in [6.07, 6.45) is 0. The number of rotatable bonds is 4. The van der Waals surface area contributed by atoms with Gasteiger partial charge in [-0.3, -0.25) is 4.79 Å². The maximum Gasteiger partial charge on any atom is 0.342 e. The molecule has 6 heteroatoms. The molecule has 1 N–H and O–H groups in total. The van der Waals surface area contributed by atoms with Crippen LogP contribution in [0.2, 0.25) is 0 Å². The van der Waals surface area contributed by atoms with Gasteiger partial charge in [-0.05, 0) is 23.6 Å². The molecule has 0 fully saturated rings. The lowest BCUT2D eigenvalue weighted by Crippen LogP contribution is -2.09. The van der Waals surface area contributed by atoms with Crippen LogP contribution in [0, 0.1) is 0 Å². The number of aromatic hydroxyl groups is 1. The number of phenolic OH excluding ortho intramolecular Hbond substituents is 1. The second-order valence-corrected chi connectivity index (χ2v) is 5.76. The van der Waals surface area contributed by atoms with Crippen molar-refractivity contribution in [3.63, 3.8) is 0 Å². The van der Waals surface area contributed by atoms with E-state index in [-0.39, 0.29) is 16.7 Å². The number of ether oxygens (including phenoxy) is 2. The Labute approximate surface area is 155 Å². The summed E-state index contributed by atoms with van der Waals surface area (Å²) in [6.45, 7) is 0. The Bertz CT molecular complexity index is 1050.